The van der Waals surface area contributed by atoms with Crippen molar-refractivity contribution in [3.05, 3.63) is 12.7 Å². The molecule has 0 bridgehead atoms. The Balaban J connectivity index is 3.57. The summed E-state index contributed by atoms with van der Waals surface area (Å²) in [6, 6.07) is 0. The van der Waals surface area contributed by atoms with E-state index in [4.69, 9.17) is 4.74 Å². The number of nitrogens with zero attached hydrogens (tertiary/aromatic N) is 1. The minimum absolute atomic E-state index is 0.321. The molecule has 0 fully saturated rings. The summed E-state index contributed by atoms with van der Waals surface area (Å²) in [5.74, 6) is 0.561. The molecule has 0 aliphatic carbocycles. The fourth-order valence-electron chi connectivity index (χ4n) is 2.84. The standard InChI is InChI=1S/C20H40NO2/c1-6-8-9-11-14-19(3)15-12-10-13-16-21(4,5)17-18-23-20(22)7-2/h7,19H,2,6,8-18H2,1,3-5H3/q+1. The van der Waals surface area contributed by atoms with Crippen LogP contribution in [0.25, 0.3) is 0 Å². The predicted molar refractivity (Wildman–Crippen MR) is 99.4 cm³/mol. The molecule has 1 unspecified atom stereocenters. The minimum Gasteiger partial charge on any atom is -0.457 e. The van der Waals surface area contributed by atoms with E-state index in [2.05, 4.69) is 34.5 Å². The Hall–Kier alpha value is -0.830. The van der Waals surface area contributed by atoms with Crippen molar-refractivity contribution in [1.82, 2.24) is 0 Å². The number of unbranched alkanes of at least 4 members (excludes halogenated alkanes) is 5. The molecule has 136 valence electrons. The third-order valence-electron chi connectivity index (χ3n) is 4.62. The molecular weight excluding hydrogens is 286 g/mol. The topological polar surface area (TPSA) is 26.3 Å². The zero-order valence-electron chi connectivity index (χ0n) is 16.1. The first-order valence-corrected chi connectivity index (χ1v) is 9.52. The van der Waals surface area contributed by atoms with E-state index in [1.165, 1.54) is 63.9 Å². The van der Waals surface area contributed by atoms with Gasteiger partial charge in [0.15, 0.2) is 0 Å². The molecule has 0 spiro atoms. The van der Waals surface area contributed by atoms with Crippen LogP contribution in [0.1, 0.15) is 71.6 Å². The molecule has 3 nitrogen and oxygen atoms in total. The number of hydrogen-bond acceptors (Lipinski definition) is 2. The number of hydrogen-bond donors (Lipinski definition) is 0. The van der Waals surface area contributed by atoms with Gasteiger partial charge in [0, 0.05) is 6.08 Å². The lowest BCUT2D eigenvalue weighted by molar-refractivity contribution is -0.890. The molecule has 0 saturated heterocycles. The highest BCUT2D eigenvalue weighted by atomic mass is 16.5. The van der Waals surface area contributed by atoms with E-state index in [0.717, 1.165) is 23.5 Å². The van der Waals surface area contributed by atoms with Crippen LogP contribution in [0, 0.1) is 5.92 Å². The summed E-state index contributed by atoms with van der Waals surface area (Å²) in [6.45, 7) is 10.6. The lowest BCUT2D eigenvalue weighted by Crippen LogP contribution is -2.43. The Labute approximate surface area is 144 Å². The van der Waals surface area contributed by atoms with Crippen LogP contribution in [0.2, 0.25) is 0 Å². The molecule has 0 heterocycles. The molecule has 0 saturated carbocycles. The molecule has 0 amide bonds. The first-order valence-electron chi connectivity index (χ1n) is 9.52. The average molecular weight is 327 g/mol. The summed E-state index contributed by atoms with van der Waals surface area (Å²) in [5.41, 5.74) is 0. The second-order valence-corrected chi connectivity index (χ2v) is 7.56. The highest BCUT2D eigenvalue weighted by molar-refractivity contribution is 5.81. The van der Waals surface area contributed by atoms with E-state index >= 15 is 0 Å². The maximum atomic E-state index is 11.0. The first-order chi connectivity index (χ1) is 10.9. The molecule has 0 aromatic heterocycles. The van der Waals surface area contributed by atoms with Crippen LogP contribution in [0.5, 0.6) is 0 Å². The zero-order chi connectivity index (χ0) is 17.6. The molecule has 0 aliphatic heterocycles. The van der Waals surface area contributed by atoms with Gasteiger partial charge in [0.05, 0.1) is 20.6 Å². The summed E-state index contributed by atoms with van der Waals surface area (Å²) < 4.78 is 5.98. The molecule has 3 heteroatoms. The van der Waals surface area contributed by atoms with E-state index in [1.54, 1.807) is 0 Å². The van der Waals surface area contributed by atoms with Crippen molar-refractivity contribution >= 4 is 5.97 Å². The van der Waals surface area contributed by atoms with Gasteiger partial charge in [-0.2, -0.15) is 0 Å². The fourth-order valence-corrected chi connectivity index (χ4v) is 2.84. The van der Waals surface area contributed by atoms with Gasteiger partial charge >= 0.3 is 5.97 Å². The van der Waals surface area contributed by atoms with Crippen molar-refractivity contribution in [3.8, 4) is 0 Å². The van der Waals surface area contributed by atoms with Crippen molar-refractivity contribution in [3.63, 3.8) is 0 Å². The minimum atomic E-state index is -0.321. The van der Waals surface area contributed by atoms with Crippen molar-refractivity contribution in [1.29, 1.82) is 0 Å². The van der Waals surface area contributed by atoms with Crippen LogP contribution in [0.4, 0.5) is 0 Å². The second-order valence-electron chi connectivity index (χ2n) is 7.56. The average Bonchev–Trinajstić information content (AvgIpc) is 2.50. The number of rotatable bonds is 15. The van der Waals surface area contributed by atoms with Crippen LogP contribution in [0.15, 0.2) is 12.7 Å². The highest BCUT2D eigenvalue weighted by Crippen LogP contribution is 2.17. The van der Waals surface area contributed by atoms with E-state index in [-0.39, 0.29) is 5.97 Å². The lowest BCUT2D eigenvalue weighted by atomic mass is 9.96. The molecule has 1 atom stereocenters. The van der Waals surface area contributed by atoms with E-state index < -0.39 is 0 Å². The summed E-state index contributed by atoms with van der Waals surface area (Å²) in [4.78, 5) is 11.0. The molecule has 0 aromatic rings. The van der Waals surface area contributed by atoms with Crippen LogP contribution in [-0.2, 0) is 9.53 Å². The lowest BCUT2D eigenvalue weighted by Gasteiger charge is -2.29. The van der Waals surface area contributed by atoms with Gasteiger partial charge in [-0.05, 0) is 18.8 Å². The number of quaternary nitrogens is 1. The van der Waals surface area contributed by atoms with Crippen LogP contribution >= 0.6 is 0 Å². The summed E-state index contributed by atoms with van der Waals surface area (Å²) >= 11 is 0. The summed E-state index contributed by atoms with van der Waals surface area (Å²) in [6.07, 6.45) is 13.4. The van der Waals surface area contributed by atoms with Gasteiger partial charge in [-0.3, -0.25) is 0 Å². The Morgan fingerprint density at radius 3 is 2.22 bits per heavy atom. The quantitative estimate of drug-likeness (QED) is 0.184. The van der Waals surface area contributed by atoms with Gasteiger partial charge in [-0.25, -0.2) is 4.79 Å². The number of esters is 1. The van der Waals surface area contributed by atoms with E-state index in [0.29, 0.717) is 6.61 Å². The van der Waals surface area contributed by atoms with Crippen molar-refractivity contribution in [2.75, 3.05) is 33.8 Å². The second kappa shape index (κ2) is 13.6. The van der Waals surface area contributed by atoms with Crippen molar-refractivity contribution < 1.29 is 14.0 Å². The van der Waals surface area contributed by atoms with E-state index in [1.807, 2.05) is 0 Å². The molecule has 0 aliphatic rings. The van der Waals surface area contributed by atoms with Crippen LogP contribution in [-0.4, -0.2) is 44.2 Å². The van der Waals surface area contributed by atoms with Crippen molar-refractivity contribution in [2.24, 2.45) is 5.92 Å². The number of ether oxygens (including phenoxy) is 1. The van der Waals surface area contributed by atoms with Gasteiger partial charge < -0.3 is 9.22 Å². The highest BCUT2D eigenvalue weighted by Gasteiger charge is 2.15. The van der Waals surface area contributed by atoms with Crippen LogP contribution in [0.3, 0.4) is 0 Å². The maximum Gasteiger partial charge on any atom is 0.330 e. The molecular formula is C20H40NO2+. The SMILES string of the molecule is C=CC(=O)OCC[N+](C)(C)CCCCCC(C)CCCCCC. The summed E-state index contributed by atoms with van der Waals surface area (Å²) in [7, 11) is 4.41. The van der Waals surface area contributed by atoms with Gasteiger partial charge in [0.1, 0.15) is 13.2 Å². The predicted octanol–water partition coefficient (Wildman–Crippen LogP) is 4.96. The molecule has 0 aromatic carbocycles. The normalized spacial score (nSPS) is 12.9. The van der Waals surface area contributed by atoms with Gasteiger partial charge in [-0.15, -0.1) is 0 Å². The van der Waals surface area contributed by atoms with Crippen molar-refractivity contribution in [2.45, 2.75) is 71.6 Å². The van der Waals surface area contributed by atoms with Gasteiger partial charge in [-0.1, -0.05) is 65.4 Å². The molecule has 0 radical (unpaired) electrons. The monoisotopic (exact) mass is 326 g/mol. The third-order valence-corrected chi connectivity index (χ3v) is 4.62. The smallest absolute Gasteiger partial charge is 0.330 e. The van der Waals surface area contributed by atoms with Gasteiger partial charge in [0.2, 0.25) is 0 Å². The fraction of sp³-hybridized carbons (Fsp3) is 0.850. The maximum absolute atomic E-state index is 11.0. The number of likely N-dealkylation sites (N-methyl/N-ethyl adjacent to an activating group) is 1. The Bertz CT molecular complexity index is 313. The van der Waals surface area contributed by atoms with E-state index in [9.17, 15) is 4.79 Å². The summed E-state index contributed by atoms with van der Waals surface area (Å²) in [5, 5.41) is 0. The van der Waals surface area contributed by atoms with Gasteiger partial charge in [0.25, 0.3) is 0 Å². The number of carbonyl (C=O) groups is 1. The molecule has 0 rings (SSSR count). The third kappa shape index (κ3) is 14.5. The largest absolute Gasteiger partial charge is 0.457 e. The zero-order valence-corrected chi connectivity index (χ0v) is 16.1. The Morgan fingerprint density at radius 1 is 1.04 bits per heavy atom. The molecule has 23 heavy (non-hydrogen) atoms. The Morgan fingerprint density at radius 2 is 1.65 bits per heavy atom. The molecule has 0 N–H and O–H groups in total. The van der Waals surface area contributed by atoms with Crippen LogP contribution < -0.4 is 0 Å². The first kappa shape index (κ1) is 22.2. The number of carbonyl (C=O) groups excluding carboxylic acids is 1. The Kier molecular flexibility index (Phi) is 13.1.